The predicted octanol–water partition coefficient (Wildman–Crippen LogP) is 5.09. The van der Waals surface area contributed by atoms with E-state index in [0.717, 1.165) is 25.1 Å². The summed E-state index contributed by atoms with van der Waals surface area (Å²) in [6, 6.07) is 22.8. The third-order valence-electron chi connectivity index (χ3n) is 3.65. The lowest BCUT2D eigenvalue weighted by Gasteiger charge is -2.05. The van der Waals surface area contributed by atoms with Gasteiger partial charge in [0.15, 0.2) is 0 Å². The van der Waals surface area contributed by atoms with E-state index in [1.165, 1.54) is 17.7 Å². The number of rotatable bonds is 4. The molecule has 3 N–H and O–H groups in total. The number of carboxylic acid groups (broad SMARTS) is 1. The van der Waals surface area contributed by atoms with Crippen LogP contribution in [0.5, 0.6) is 0 Å². The van der Waals surface area contributed by atoms with Gasteiger partial charge in [-0.25, -0.2) is 4.79 Å². The molecular formula is C23H22F3NO3. The first kappa shape index (κ1) is 24.6. The largest absolute Gasteiger partial charge is 0.478 e. The minimum Gasteiger partial charge on any atom is -0.478 e. The average Bonchev–Trinajstić information content (AvgIpc) is 2.76. The van der Waals surface area contributed by atoms with Gasteiger partial charge in [-0.15, -0.1) is 0 Å². The van der Waals surface area contributed by atoms with Crippen molar-refractivity contribution in [3.8, 4) is 0 Å². The van der Waals surface area contributed by atoms with Gasteiger partial charge in [0.1, 0.15) is 6.29 Å². The van der Waals surface area contributed by atoms with Crippen molar-refractivity contribution in [1.29, 1.82) is 0 Å². The van der Waals surface area contributed by atoms with Crippen LogP contribution in [0.4, 0.5) is 13.2 Å². The molecule has 0 atom stereocenters. The molecule has 0 bridgehead atoms. The Morgan fingerprint density at radius 2 is 1.47 bits per heavy atom. The highest BCUT2D eigenvalue weighted by Gasteiger charge is 2.30. The molecule has 3 aromatic rings. The van der Waals surface area contributed by atoms with Crippen LogP contribution >= 0.6 is 0 Å². The second kappa shape index (κ2) is 12.9. The van der Waals surface area contributed by atoms with Gasteiger partial charge in [-0.1, -0.05) is 60.7 Å². The van der Waals surface area contributed by atoms with Crippen molar-refractivity contribution in [3.05, 3.63) is 107 Å². The molecule has 0 saturated heterocycles. The summed E-state index contributed by atoms with van der Waals surface area (Å²) < 4.78 is 36.0. The molecule has 3 aromatic carbocycles. The monoisotopic (exact) mass is 417 g/mol. The minimum atomic E-state index is -4.38. The Labute approximate surface area is 172 Å². The Bertz CT molecular complexity index is 898. The number of aldehydes is 1. The molecule has 7 heteroatoms. The van der Waals surface area contributed by atoms with Gasteiger partial charge in [0, 0.05) is 5.56 Å². The number of carbonyl (C=O) groups is 2. The zero-order valence-electron chi connectivity index (χ0n) is 16.0. The second-order valence-electron chi connectivity index (χ2n) is 5.94. The summed E-state index contributed by atoms with van der Waals surface area (Å²) in [6.07, 6.45) is -3.00. The van der Waals surface area contributed by atoms with Crippen molar-refractivity contribution in [1.82, 2.24) is 0 Å². The molecule has 0 amide bonds. The highest BCUT2D eigenvalue weighted by atomic mass is 19.4. The first-order chi connectivity index (χ1) is 14.3. The summed E-state index contributed by atoms with van der Waals surface area (Å²) in [6.45, 7) is 0.740. The topological polar surface area (TPSA) is 80.4 Å². The van der Waals surface area contributed by atoms with Crippen LogP contribution in [0, 0.1) is 0 Å². The first-order valence-electron chi connectivity index (χ1n) is 8.92. The Morgan fingerprint density at radius 1 is 0.900 bits per heavy atom. The second-order valence-corrected chi connectivity index (χ2v) is 5.94. The fraction of sp³-hybridized carbons (Fsp3) is 0.130. The van der Waals surface area contributed by atoms with Gasteiger partial charge in [-0.05, 0) is 42.8 Å². The van der Waals surface area contributed by atoms with Gasteiger partial charge in [-0.2, -0.15) is 13.2 Å². The summed E-state index contributed by atoms with van der Waals surface area (Å²) in [5.74, 6) is -0.879. The lowest BCUT2D eigenvalue weighted by molar-refractivity contribution is -0.137. The van der Waals surface area contributed by atoms with Crippen molar-refractivity contribution in [2.45, 2.75) is 12.6 Å². The van der Waals surface area contributed by atoms with Crippen LogP contribution in [-0.2, 0) is 12.6 Å². The van der Waals surface area contributed by atoms with Crippen molar-refractivity contribution in [2.24, 2.45) is 5.73 Å². The molecule has 4 nitrogen and oxygen atoms in total. The van der Waals surface area contributed by atoms with Crippen molar-refractivity contribution in [2.75, 3.05) is 6.54 Å². The minimum absolute atomic E-state index is 0.0322. The van der Waals surface area contributed by atoms with Crippen molar-refractivity contribution in [3.63, 3.8) is 0 Å². The number of nitrogens with two attached hydrogens (primary N) is 1. The molecule has 0 fully saturated rings. The van der Waals surface area contributed by atoms with E-state index in [-0.39, 0.29) is 5.56 Å². The van der Waals surface area contributed by atoms with Crippen LogP contribution in [0.25, 0.3) is 0 Å². The Morgan fingerprint density at radius 3 is 1.90 bits per heavy atom. The Balaban J connectivity index is 0.000000229. The molecule has 3 rings (SSSR count). The van der Waals surface area contributed by atoms with Gasteiger partial charge >= 0.3 is 12.1 Å². The number of halogens is 3. The van der Waals surface area contributed by atoms with Gasteiger partial charge < -0.3 is 10.8 Å². The molecule has 0 spiro atoms. The first-order valence-corrected chi connectivity index (χ1v) is 8.92. The van der Waals surface area contributed by atoms with Crippen LogP contribution in [0.15, 0.2) is 84.9 Å². The van der Waals surface area contributed by atoms with Crippen molar-refractivity contribution >= 4 is 12.3 Å². The molecule has 30 heavy (non-hydrogen) atoms. The fourth-order valence-electron chi connectivity index (χ4n) is 2.18. The van der Waals surface area contributed by atoms with E-state index in [0.29, 0.717) is 11.8 Å². The van der Waals surface area contributed by atoms with E-state index in [2.05, 4.69) is 12.1 Å². The molecule has 0 aliphatic heterocycles. The molecule has 0 unspecified atom stereocenters. The van der Waals surface area contributed by atoms with Gasteiger partial charge in [0.2, 0.25) is 0 Å². The van der Waals surface area contributed by atoms with E-state index in [1.807, 2.05) is 18.2 Å². The highest BCUT2D eigenvalue weighted by Crippen LogP contribution is 2.29. The third-order valence-corrected chi connectivity index (χ3v) is 3.65. The fourth-order valence-corrected chi connectivity index (χ4v) is 2.18. The van der Waals surface area contributed by atoms with Gasteiger partial charge in [0.05, 0.1) is 11.1 Å². The number of aromatic carboxylic acids is 1. The number of hydrogen-bond donors (Lipinski definition) is 2. The van der Waals surface area contributed by atoms with E-state index >= 15 is 0 Å². The molecule has 0 aromatic heterocycles. The maximum absolute atomic E-state index is 12.0. The zero-order chi connectivity index (χ0) is 22.4. The number of benzene rings is 3. The molecular weight excluding hydrogens is 395 g/mol. The van der Waals surface area contributed by atoms with Gasteiger partial charge in [0.25, 0.3) is 0 Å². The molecule has 0 heterocycles. The maximum Gasteiger partial charge on any atom is 0.416 e. The SMILES string of the molecule is NCCc1ccccc1.O=C(O)c1ccccc1.O=Cc1cccc(C(F)(F)F)c1. The highest BCUT2D eigenvalue weighted by molar-refractivity contribution is 5.87. The normalized spacial score (nSPS) is 10.0. The van der Waals surface area contributed by atoms with Gasteiger partial charge in [-0.3, -0.25) is 4.79 Å². The van der Waals surface area contributed by atoms with E-state index in [4.69, 9.17) is 10.8 Å². The van der Waals surface area contributed by atoms with E-state index in [9.17, 15) is 22.8 Å². The Kier molecular flexibility index (Phi) is 10.6. The molecule has 0 saturated carbocycles. The molecule has 0 aliphatic rings. The smallest absolute Gasteiger partial charge is 0.416 e. The summed E-state index contributed by atoms with van der Waals surface area (Å²) >= 11 is 0. The summed E-state index contributed by atoms with van der Waals surface area (Å²) in [5.41, 5.74) is 6.24. The van der Waals surface area contributed by atoms with E-state index < -0.39 is 17.7 Å². The number of hydrogen-bond acceptors (Lipinski definition) is 3. The summed E-state index contributed by atoms with van der Waals surface area (Å²) in [7, 11) is 0. The quantitative estimate of drug-likeness (QED) is 0.580. The standard InChI is InChI=1S/C8H5F3O.C8H11N.C7H6O2/c9-8(10,11)7-3-1-2-6(4-7)5-12;9-7-6-8-4-2-1-3-5-8;8-7(9)6-4-2-1-3-5-6/h1-5H;1-5H,6-7,9H2;1-5H,(H,8,9). The van der Waals surface area contributed by atoms with Crippen LogP contribution in [-0.4, -0.2) is 23.9 Å². The third kappa shape index (κ3) is 9.66. The molecule has 0 radical (unpaired) electrons. The van der Waals surface area contributed by atoms with E-state index in [1.54, 1.807) is 30.3 Å². The number of alkyl halides is 3. The van der Waals surface area contributed by atoms with Crippen LogP contribution in [0.2, 0.25) is 0 Å². The molecule has 158 valence electrons. The van der Waals surface area contributed by atoms with Crippen molar-refractivity contribution < 1.29 is 27.9 Å². The van der Waals surface area contributed by atoms with Crippen LogP contribution in [0.1, 0.15) is 31.8 Å². The number of carbonyl (C=O) groups excluding carboxylic acids is 1. The van der Waals surface area contributed by atoms with Crippen LogP contribution < -0.4 is 5.73 Å². The lowest BCUT2D eigenvalue weighted by Crippen LogP contribution is -2.04. The maximum atomic E-state index is 12.0. The lowest BCUT2D eigenvalue weighted by atomic mass is 10.1. The number of carboxylic acids is 1. The summed E-state index contributed by atoms with van der Waals surface area (Å²) in [4.78, 5) is 20.3. The zero-order valence-corrected chi connectivity index (χ0v) is 16.0. The Hall–Kier alpha value is -3.45. The predicted molar refractivity (Wildman–Crippen MR) is 109 cm³/mol. The average molecular weight is 417 g/mol. The summed E-state index contributed by atoms with van der Waals surface area (Å²) in [5, 5.41) is 8.38. The van der Waals surface area contributed by atoms with Crippen LogP contribution in [0.3, 0.4) is 0 Å². The molecule has 0 aliphatic carbocycles.